The maximum atomic E-state index is 6.66. The Labute approximate surface area is 216 Å². The van der Waals surface area contributed by atoms with Gasteiger partial charge in [0.25, 0.3) is 0 Å². The molecule has 1 saturated carbocycles. The molecule has 2 aromatic carbocycles. The number of hydrogen-bond acceptors (Lipinski definition) is 6. The van der Waals surface area contributed by atoms with E-state index < -0.39 is 0 Å². The fraction of sp³-hybridized carbons (Fsp3) is 0.600. The standard InChI is InChI=1S/C30H43NO5/c1-22(33-3)18-23-6-12-29(27(19-23)25-8-10-26(34-4)11-9-25)36-21-24-7-13-30-28(20-24)31(15-17-35-30)14-5-16-32-2/h7-11,13,20,22-23,27,29H,5-6,12,14-19,21H2,1-4H3/t22?,23-,27+,29-/m0/s1. The van der Waals surface area contributed by atoms with Crippen molar-refractivity contribution in [3.8, 4) is 11.5 Å². The molecule has 1 aliphatic heterocycles. The average molecular weight is 498 g/mol. The van der Waals surface area contributed by atoms with Gasteiger partial charge in [0.2, 0.25) is 0 Å². The Morgan fingerprint density at radius 2 is 1.89 bits per heavy atom. The topological polar surface area (TPSA) is 49.4 Å². The van der Waals surface area contributed by atoms with E-state index in [1.165, 1.54) is 23.2 Å². The first kappa shape index (κ1) is 26.8. The minimum Gasteiger partial charge on any atom is -0.497 e. The minimum absolute atomic E-state index is 0.192. The second kappa shape index (κ2) is 13.3. The van der Waals surface area contributed by atoms with Gasteiger partial charge in [-0.25, -0.2) is 0 Å². The summed E-state index contributed by atoms with van der Waals surface area (Å²) < 4.78 is 28.8. The van der Waals surface area contributed by atoms with Crippen LogP contribution in [0.3, 0.4) is 0 Å². The van der Waals surface area contributed by atoms with Crippen molar-refractivity contribution in [1.82, 2.24) is 0 Å². The summed E-state index contributed by atoms with van der Waals surface area (Å²) in [6.45, 7) is 6.15. The van der Waals surface area contributed by atoms with E-state index in [0.717, 1.165) is 63.5 Å². The van der Waals surface area contributed by atoms with E-state index in [9.17, 15) is 0 Å². The summed E-state index contributed by atoms with van der Waals surface area (Å²) >= 11 is 0. The number of anilines is 1. The van der Waals surface area contributed by atoms with Gasteiger partial charge in [0.05, 0.1) is 38.2 Å². The Morgan fingerprint density at radius 3 is 2.64 bits per heavy atom. The lowest BCUT2D eigenvalue weighted by Gasteiger charge is -2.37. The molecule has 0 amide bonds. The zero-order chi connectivity index (χ0) is 25.3. The second-order valence-corrected chi connectivity index (χ2v) is 10.2. The van der Waals surface area contributed by atoms with Gasteiger partial charge in [-0.1, -0.05) is 18.2 Å². The number of benzene rings is 2. The normalized spacial score (nSPS) is 22.6. The van der Waals surface area contributed by atoms with Crippen LogP contribution in [0.25, 0.3) is 0 Å². The van der Waals surface area contributed by atoms with E-state index >= 15 is 0 Å². The van der Waals surface area contributed by atoms with Gasteiger partial charge in [-0.05, 0) is 80.3 Å². The van der Waals surface area contributed by atoms with Crippen molar-refractivity contribution in [1.29, 1.82) is 0 Å². The molecule has 0 radical (unpaired) electrons. The number of hydrogen-bond donors (Lipinski definition) is 0. The summed E-state index contributed by atoms with van der Waals surface area (Å²) in [5.74, 6) is 2.87. The Hall–Kier alpha value is -2.28. The summed E-state index contributed by atoms with van der Waals surface area (Å²) in [5.41, 5.74) is 3.70. The smallest absolute Gasteiger partial charge is 0.142 e. The predicted molar refractivity (Wildman–Crippen MR) is 143 cm³/mol. The van der Waals surface area contributed by atoms with Gasteiger partial charge in [0, 0.05) is 33.3 Å². The Morgan fingerprint density at radius 1 is 1.06 bits per heavy atom. The molecule has 1 fully saturated rings. The second-order valence-electron chi connectivity index (χ2n) is 10.2. The monoisotopic (exact) mass is 497 g/mol. The third-order valence-electron chi connectivity index (χ3n) is 7.73. The molecule has 0 spiro atoms. The highest BCUT2D eigenvalue weighted by atomic mass is 16.5. The fourth-order valence-corrected chi connectivity index (χ4v) is 5.65. The molecule has 36 heavy (non-hydrogen) atoms. The SMILES string of the molecule is COCCCN1CCOc2ccc(CO[C@H]3CC[C@@H](CC(C)OC)C[C@@H]3c3ccc(OC)cc3)cc21. The van der Waals surface area contributed by atoms with E-state index in [1.54, 1.807) is 14.2 Å². The van der Waals surface area contributed by atoms with Gasteiger partial charge in [0.15, 0.2) is 0 Å². The molecule has 2 aliphatic rings. The molecule has 0 aromatic heterocycles. The lowest BCUT2D eigenvalue weighted by molar-refractivity contribution is -0.0154. The number of fused-ring (bicyclic) bond motifs is 1. The number of methoxy groups -OCH3 is 3. The van der Waals surface area contributed by atoms with Crippen LogP contribution in [-0.2, 0) is 20.8 Å². The van der Waals surface area contributed by atoms with Crippen molar-refractivity contribution in [2.24, 2.45) is 5.92 Å². The van der Waals surface area contributed by atoms with Crippen LogP contribution in [0.5, 0.6) is 11.5 Å². The number of nitrogens with zero attached hydrogens (tertiary/aromatic N) is 1. The van der Waals surface area contributed by atoms with Crippen LogP contribution in [0, 0.1) is 5.92 Å². The molecule has 4 atom stereocenters. The van der Waals surface area contributed by atoms with Gasteiger partial charge in [-0.15, -0.1) is 0 Å². The van der Waals surface area contributed by atoms with E-state index in [2.05, 4.69) is 54.3 Å². The van der Waals surface area contributed by atoms with Crippen molar-refractivity contribution in [2.45, 2.75) is 63.8 Å². The predicted octanol–water partition coefficient (Wildman–Crippen LogP) is 5.82. The Kier molecular flexibility index (Phi) is 9.90. The number of ether oxygens (including phenoxy) is 5. The van der Waals surface area contributed by atoms with Gasteiger partial charge < -0.3 is 28.6 Å². The zero-order valence-electron chi connectivity index (χ0n) is 22.4. The first-order valence-corrected chi connectivity index (χ1v) is 13.4. The molecule has 2 aromatic rings. The zero-order valence-corrected chi connectivity index (χ0v) is 22.4. The molecule has 0 bridgehead atoms. The highest BCUT2D eigenvalue weighted by molar-refractivity contribution is 5.61. The van der Waals surface area contributed by atoms with Gasteiger partial charge in [-0.3, -0.25) is 0 Å². The molecule has 0 N–H and O–H groups in total. The third-order valence-corrected chi connectivity index (χ3v) is 7.73. The molecular weight excluding hydrogens is 454 g/mol. The van der Waals surface area contributed by atoms with Crippen molar-refractivity contribution in [3.63, 3.8) is 0 Å². The van der Waals surface area contributed by atoms with Crippen LogP contribution >= 0.6 is 0 Å². The summed E-state index contributed by atoms with van der Waals surface area (Å²) in [6.07, 6.45) is 5.94. The molecule has 6 nitrogen and oxygen atoms in total. The van der Waals surface area contributed by atoms with E-state index in [-0.39, 0.29) is 12.2 Å². The number of rotatable bonds is 12. The first-order valence-electron chi connectivity index (χ1n) is 13.4. The minimum atomic E-state index is 0.192. The van der Waals surface area contributed by atoms with Crippen molar-refractivity contribution in [3.05, 3.63) is 53.6 Å². The van der Waals surface area contributed by atoms with Crippen LogP contribution in [0.2, 0.25) is 0 Å². The third kappa shape index (κ3) is 6.93. The summed E-state index contributed by atoms with van der Waals surface area (Å²) in [5, 5.41) is 0. The first-order chi connectivity index (χ1) is 17.6. The van der Waals surface area contributed by atoms with E-state index in [0.29, 0.717) is 18.4 Å². The average Bonchev–Trinajstić information content (AvgIpc) is 2.92. The van der Waals surface area contributed by atoms with Gasteiger partial charge >= 0.3 is 0 Å². The maximum Gasteiger partial charge on any atom is 0.142 e. The Bertz CT molecular complexity index is 933. The van der Waals surface area contributed by atoms with Gasteiger partial charge in [0.1, 0.15) is 18.1 Å². The Balaban J connectivity index is 1.45. The van der Waals surface area contributed by atoms with Crippen LogP contribution in [0.15, 0.2) is 42.5 Å². The van der Waals surface area contributed by atoms with Gasteiger partial charge in [-0.2, -0.15) is 0 Å². The van der Waals surface area contributed by atoms with Crippen LogP contribution in [0.1, 0.15) is 56.1 Å². The van der Waals surface area contributed by atoms with Crippen molar-refractivity contribution in [2.75, 3.05) is 52.5 Å². The molecule has 1 aliphatic carbocycles. The van der Waals surface area contributed by atoms with Crippen LogP contribution < -0.4 is 14.4 Å². The summed E-state index contributed by atoms with van der Waals surface area (Å²) in [4.78, 5) is 2.41. The van der Waals surface area contributed by atoms with Crippen molar-refractivity contribution < 1.29 is 23.7 Å². The molecule has 1 unspecified atom stereocenters. The van der Waals surface area contributed by atoms with E-state index in [4.69, 9.17) is 23.7 Å². The van der Waals surface area contributed by atoms with Crippen LogP contribution in [-0.4, -0.2) is 59.8 Å². The molecule has 4 rings (SSSR count). The lowest BCUT2D eigenvalue weighted by Crippen LogP contribution is -2.34. The molecule has 198 valence electrons. The fourth-order valence-electron chi connectivity index (χ4n) is 5.65. The molecular formula is C30H43NO5. The van der Waals surface area contributed by atoms with Crippen LogP contribution in [0.4, 0.5) is 5.69 Å². The van der Waals surface area contributed by atoms with Crippen molar-refractivity contribution >= 4 is 5.69 Å². The molecule has 1 heterocycles. The highest BCUT2D eigenvalue weighted by Gasteiger charge is 2.33. The summed E-state index contributed by atoms with van der Waals surface area (Å²) in [6, 6.07) is 15.0. The van der Waals surface area contributed by atoms with E-state index in [1.807, 2.05) is 7.11 Å². The summed E-state index contributed by atoms with van der Waals surface area (Å²) in [7, 11) is 5.28. The lowest BCUT2D eigenvalue weighted by atomic mass is 9.74. The molecule has 6 heteroatoms. The highest BCUT2D eigenvalue weighted by Crippen LogP contribution is 2.41. The quantitative estimate of drug-likeness (QED) is 0.344. The maximum absolute atomic E-state index is 6.66. The molecule has 0 saturated heterocycles. The largest absolute Gasteiger partial charge is 0.497 e.